The lowest BCUT2D eigenvalue weighted by atomic mass is 10.2. The molecule has 0 aliphatic carbocycles. The normalized spacial score (nSPS) is 11.0. The molecule has 0 saturated heterocycles. The molecule has 0 amide bonds. The Morgan fingerprint density at radius 1 is 0.826 bits per heavy atom. The van der Waals surface area contributed by atoms with Crippen LogP contribution in [0.4, 0.5) is 5.69 Å². The number of imidazole rings is 1. The highest BCUT2D eigenvalue weighted by Crippen LogP contribution is 2.36. The standard InChI is InChI=1S/C19H15N3S/c20-15-9-11-16(12-10-15)23-19-18(14-6-2-1-3-7-14)21-17-8-4-5-13-22(17)19/h1-13H,20H2. The van der Waals surface area contributed by atoms with Gasteiger partial charge >= 0.3 is 0 Å². The van der Waals surface area contributed by atoms with Crippen molar-refractivity contribution in [3.63, 3.8) is 0 Å². The van der Waals surface area contributed by atoms with Crippen LogP contribution in [0.5, 0.6) is 0 Å². The molecular formula is C19H15N3S. The molecule has 3 nitrogen and oxygen atoms in total. The van der Waals surface area contributed by atoms with E-state index in [1.807, 2.05) is 60.7 Å². The molecule has 0 fully saturated rings. The molecule has 0 atom stereocenters. The Morgan fingerprint density at radius 3 is 2.35 bits per heavy atom. The van der Waals surface area contributed by atoms with Crippen LogP contribution in [0.15, 0.2) is 88.9 Å². The fourth-order valence-corrected chi connectivity index (χ4v) is 3.51. The zero-order chi connectivity index (χ0) is 15.6. The Kier molecular flexibility index (Phi) is 3.52. The van der Waals surface area contributed by atoms with E-state index in [9.17, 15) is 0 Å². The van der Waals surface area contributed by atoms with E-state index >= 15 is 0 Å². The zero-order valence-corrected chi connectivity index (χ0v) is 13.2. The van der Waals surface area contributed by atoms with Gasteiger partial charge in [0, 0.05) is 22.3 Å². The number of anilines is 1. The summed E-state index contributed by atoms with van der Waals surface area (Å²) in [6.45, 7) is 0. The van der Waals surface area contributed by atoms with Gasteiger partial charge in [0.25, 0.3) is 0 Å². The minimum Gasteiger partial charge on any atom is -0.399 e. The van der Waals surface area contributed by atoms with Crippen molar-refractivity contribution < 1.29 is 0 Å². The quantitative estimate of drug-likeness (QED) is 0.555. The Labute approximate surface area is 138 Å². The molecule has 4 aromatic rings. The Morgan fingerprint density at radius 2 is 1.57 bits per heavy atom. The lowest BCUT2D eigenvalue weighted by Crippen LogP contribution is -1.87. The van der Waals surface area contributed by atoms with Crippen molar-refractivity contribution in [3.05, 3.63) is 79.0 Å². The summed E-state index contributed by atoms with van der Waals surface area (Å²) in [7, 11) is 0. The molecule has 0 aliphatic heterocycles. The van der Waals surface area contributed by atoms with Crippen LogP contribution < -0.4 is 5.73 Å². The fraction of sp³-hybridized carbons (Fsp3) is 0. The van der Waals surface area contributed by atoms with Gasteiger partial charge in [-0.3, -0.25) is 4.40 Å². The maximum Gasteiger partial charge on any atom is 0.138 e. The number of nitrogens with zero attached hydrogens (tertiary/aromatic N) is 2. The molecule has 2 N–H and O–H groups in total. The van der Waals surface area contributed by atoms with E-state index in [0.717, 1.165) is 32.5 Å². The predicted octanol–water partition coefficient (Wildman–Crippen LogP) is 4.73. The van der Waals surface area contributed by atoms with Crippen molar-refractivity contribution in [1.29, 1.82) is 0 Å². The molecule has 0 unspecified atom stereocenters. The van der Waals surface area contributed by atoms with E-state index in [-0.39, 0.29) is 0 Å². The van der Waals surface area contributed by atoms with Crippen LogP contribution in [0.3, 0.4) is 0 Å². The third-order valence-electron chi connectivity index (χ3n) is 3.63. The van der Waals surface area contributed by atoms with Crippen molar-refractivity contribution in [2.75, 3.05) is 5.73 Å². The summed E-state index contributed by atoms with van der Waals surface area (Å²) < 4.78 is 2.13. The van der Waals surface area contributed by atoms with Gasteiger partial charge in [-0.2, -0.15) is 0 Å². The van der Waals surface area contributed by atoms with Gasteiger partial charge in [0.05, 0.1) is 0 Å². The van der Waals surface area contributed by atoms with E-state index in [2.05, 4.69) is 22.7 Å². The number of hydrogen-bond acceptors (Lipinski definition) is 3. The number of pyridine rings is 1. The molecule has 112 valence electrons. The number of rotatable bonds is 3. The maximum absolute atomic E-state index is 5.78. The molecule has 23 heavy (non-hydrogen) atoms. The second-order valence-electron chi connectivity index (χ2n) is 5.23. The van der Waals surface area contributed by atoms with Crippen molar-refractivity contribution in [1.82, 2.24) is 9.38 Å². The fourth-order valence-electron chi connectivity index (χ4n) is 2.50. The van der Waals surface area contributed by atoms with Crippen LogP contribution in [0.2, 0.25) is 0 Å². The Hall–Kier alpha value is -2.72. The first-order valence-electron chi connectivity index (χ1n) is 7.37. The molecule has 0 bridgehead atoms. The average molecular weight is 317 g/mol. The number of nitrogen functional groups attached to an aromatic ring is 1. The minimum atomic E-state index is 0.774. The number of aromatic nitrogens is 2. The van der Waals surface area contributed by atoms with Gasteiger partial charge in [-0.25, -0.2) is 4.98 Å². The minimum absolute atomic E-state index is 0.774. The van der Waals surface area contributed by atoms with Crippen LogP contribution in [0.1, 0.15) is 0 Å². The summed E-state index contributed by atoms with van der Waals surface area (Å²) in [5, 5.41) is 1.11. The number of hydrogen-bond donors (Lipinski definition) is 1. The van der Waals surface area contributed by atoms with Crippen molar-refractivity contribution >= 4 is 23.1 Å². The van der Waals surface area contributed by atoms with Gasteiger partial charge in [0.1, 0.15) is 16.4 Å². The topological polar surface area (TPSA) is 43.3 Å². The van der Waals surface area contributed by atoms with Gasteiger partial charge in [0.15, 0.2) is 0 Å². The summed E-state index contributed by atoms with van der Waals surface area (Å²) >= 11 is 1.70. The van der Waals surface area contributed by atoms with Gasteiger partial charge in [0.2, 0.25) is 0 Å². The second-order valence-corrected chi connectivity index (χ2v) is 6.29. The number of nitrogens with two attached hydrogens (primary N) is 1. The molecule has 2 heterocycles. The van der Waals surface area contributed by atoms with Crippen molar-refractivity contribution in [2.45, 2.75) is 9.92 Å². The summed E-state index contributed by atoms with van der Waals surface area (Å²) in [5.74, 6) is 0. The molecule has 0 saturated carbocycles. The molecular weight excluding hydrogens is 302 g/mol. The summed E-state index contributed by atoms with van der Waals surface area (Å²) in [5.41, 5.74) is 9.63. The first-order valence-corrected chi connectivity index (χ1v) is 8.19. The molecule has 0 radical (unpaired) electrons. The zero-order valence-electron chi connectivity index (χ0n) is 12.4. The van der Waals surface area contributed by atoms with Crippen LogP contribution >= 0.6 is 11.8 Å². The number of fused-ring (bicyclic) bond motifs is 1. The van der Waals surface area contributed by atoms with E-state index < -0.39 is 0 Å². The first kappa shape index (κ1) is 13.9. The third kappa shape index (κ3) is 2.69. The van der Waals surface area contributed by atoms with Crippen molar-refractivity contribution in [3.8, 4) is 11.3 Å². The second kappa shape index (κ2) is 5.82. The maximum atomic E-state index is 5.78. The Bertz CT molecular complexity index is 943. The van der Waals surface area contributed by atoms with E-state index in [4.69, 9.17) is 10.7 Å². The van der Waals surface area contributed by atoms with Gasteiger partial charge < -0.3 is 5.73 Å². The van der Waals surface area contributed by atoms with E-state index in [0.29, 0.717) is 0 Å². The molecule has 2 aromatic heterocycles. The molecule has 4 heteroatoms. The van der Waals surface area contributed by atoms with Crippen molar-refractivity contribution in [2.24, 2.45) is 0 Å². The van der Waals surface area contributed by atoms with Gasteiger partial charge in [-0.15, -0.1) is 0 Å². The lowest BCUT2D eigenvalue weighted by molar-refractivity contribution is 1.05. The summed E-state index contributed by atoms with van der Waals surface area (Å²) in [6.07, 6.45) is 2.05. The Balaban J connectivity index is 1.87. The SMILES string of the molecule is Nc1ccc(Sc2c(-c3ccccc3)nc3ccccn23)cc1. The predicted molar refractivity (Wildman–Crippen MR) is 95.6 cm³/mol. The lowest BCUT2D eigenvalue weighted by Gasteiger charge is -2.05. The van der Waals surface area contributed by atoms with Crippen LogP contribution in [-0.2, 0) is 0 Å². The molecule has 0 aliphatic rings. The summed E-state index contributed by atoms with van der Waals surface area (Å²) in [4.78, 5) is 5.95. The molecule has 4 rings (SSSR count). The van der Waals surface area contributed by atoms with Crippen LogP contribution in [0, 0.1) is 0 Å². The van der Waals surface area contributed by atoms with Crippen LogP contribution in [0.25, 0.3) is 16.9 Å². The largest absolute Gasteiger partial charge is 0.399 e. The third-order valence-corrected chi connectivity index (χ3v) is 4.72. The molecule has 2 aromatic carbocycles. The summed E-state index contributed by atoms with van der Waals surface area (Å²) in [6, 6.07) is 24.3. The van der Waals surface area contributed by atoms with Gasteiger partial charge in [-0.05, 0) is 36.4 Å². The molecule has 0 spiro atoms. The highest BCUT2D eigenvalue weighted by molar-refractivity contribution is 7.99. The average Bonchev–Trinajstić information content (AvgIpc) is 2.96. The highest BCUT2D eigenvalue weighted by Gasteiger charge is 2.14. The van der Waals surface area contributed by atoms with Crippen LogP contribution in [-0.4, -0.2) is 9.38 Å². The first-order chi connectivity index (χ1) is 11.3. The highest BCUT2D eigenvalue weighted by atomic mass is 32.2. The smallest absolute Gasteiger partial charge is 0.138 e. The van der Waals surface area contributed by atoms with E-state index in [1.165, 1.54) is 0 Å². The monoisotopic (exact) mass is 317 g/mol. The van der Waals surface area contributed by atoms with E-state index in [1.54, 1.807) is 11.8 Å². The number of benzene rings is 2. The van der Waals surface area contributed by atoms with Gasteiger partial charge in [-0.1, -0.05) is 48.2 Å².